The highest BCUT2D eigenvalue weighted by Gasteiger charge is 2.27. The molecule has 0 spiro atoms. The van der Waals surface area contributed by atoms with Crippen molar-refractivity contribution >= 4 is 11.9 Å². The van der Waals surface area contributed by atoms with E-state index in [1.54, 1.807) is 17.9 Å². The molecule has 1 amide bonds. The molecule has 2 heterocycles. The van der Waals surface area contributed by atoms with Gasteiger partial charge in [-0.2, -0.15) is 0 Å². The number of anilines is 1. The molecule has 6 heteroatoms. The number of rotatable bonds is 3. The van der Waals surface area contributed by atoms with Crippen molar-refractivity contribution in [3.63, 3.8) is 0 Å². The smallest absolute Gasteiger partial charge is 0.230 e. The lowest BCUT2D eigenvalue weighted by Crippen LogP contribution is -2.33. The van der Waals surface area contributed by atoms with Crippen molar-refractivity contribution < 1.29 is 9.53 Å². The first-order chi connectivity index (χ1) is 8.20. The molecule has 1 N–H and O–H groups in total. The summed E-state index contributed by atoms with van der Waals surface area (Å²) in [4.78, 5) is 12.0. The number of hydrogen-bond donors (Lipinski definition) is 1. The summed E-state index contributed by atoms with van der Waals surface area (Å²) in [7, 11) is 1.80. The molecule has 94 valence electrons. The number of aryl methyl sites for hydroxylation is 1. The predicted octanol–water partition coefficient (Wildman–Crippen LogP) is 0.959. The van der Waals surface area contributed by atoms with Crippen LogP contribution in [-0.2, 0) is 16.6 Å². The summed E-state index contributed by atoms with van der Waals surface area (Å²) in [6.45, 7) is 2.74. The summed E-state index contributed by atoms with van der Waals surface area (Å²) in [6, 6.07) is 0. The second kappa shape index (κ2) is 5.27. The number of hydrogen-bond acceptors (Lipinski definition) is 4. The monoisotopic (exact) mass is 238 g/mol. The van der Waals surface area contributed by atoms with E-state index in [9.17, 15) is 4.79 Å². The third-order valence-corrected chi connectivity index (χ3v) is 3.14. The van der Waals surface area contributed by atoms with Gasteiger partial charge in [0, 0.05) is 19.6 Å². The molecule has 2 unspecified atom stereocenters. The van der Waals surface area contributed by atoms with Crippen molar-refractivity contribution in [2.75, 3.05) is 11.9 Å². The van der Waals surface area contributed by atoms with E-state index in [4.69, 9.17) is 4.74 Å². The summed E-state index contributed by atoms with van der Waals surface area (Å²) >= 11 is 0. The van der Waals surface area contributed by atoms with Crippen LogP contribution in [0.2, 0.25) is 0 Å². The van der Waals surface area contributed by atoms with Crippen molar-refractivity contribution in [3.05, 3.63) is 6.33 Å². The summed E-state index contributed by atoms with van der Waals surface area (Å²) in [5.74, 6) is 0.530. The zero-order valence-corrected chi connectivity index (χ0v) is 10.2. The predicted molar refractivity (Wildman–Crippen MR) is 62.4 cm³/mol. The van der Waals surface area contributed by atoms with Crippen molar-refractivity contribution in [2.24, 2.45) is 13.0 Å². The molecule has 1 aliphatic heterocycles. The van der Waals surface area contributed by atoms with Crippen LogP contribution in [0.3, 0.4) is 0 Å². The molecule has 1 fully saturated rings. The van der Waals surface area contributed by atoms with Crippen molar-refractivity contribution in [1.82, 2.24) is 14.8 Å². The van der Waals surface area contributed by atoms with Crippen LogP contribution in [-0.4, -0.2) is 33.4 Å². The van der Waals surface area contributed by atoms with Gasteiger partial charge < -0.3 is 9.30 Å². The fraction of sp³-hybridized carbons (Fsp3) is 0.727. The van der Waals surface area contributed by atoms with Crippen LogP contribution < -0.4 is 5.32 Å². The molecule has 6 nitrogen and oxygen atoms in total. The van der Waals surface area contributed by atoms with Gasteiger partial charge in [-0.05, 0) is 19.3 Å². The summed E-state index contributed by atoms with van der Waals surface area (Å²) in [5, 5.41) is 10.4. The van der Waals surface area contributed by atoms with E-state index in [2.05, 4.69) is 22.4 Å². The Morgan fingerprint density at radius 2 is 2.53 bits per heavy atom. The summed E-state index contributed by atoms with van der Waals surface area (Å²) in [5.41, 5.74) is 0. The van der Waals surface area contributed by atoms with Gasteiger partial charge in [-0.1, -0.05) is 6.92 Å². The molecule has 1 aromatic rings. The van der Waals surface area contributed by atoms with E-state index < -0.39 is 0 Å². The van der Waals surface area contributed by atoms with Gasteiger partial charge in [-0.15, -0.1) is 10.2 Å². The quantitative estimate of drug-likeness (QED) is 0.851. The van der Waals surface area contributed by atoms with E-state index in [-0.39, 0.29) is 17.9 Å². The zero-order valence-electron chi connectivity index (χ0n) is 10.2. The lowest BCUT2D eigenvalue weighted by atomic mass is 9.93. The highest BCUT2D eigenvalue weighted by molar-refractivity contribution is 5.91. The molecule has 0 aromatic carbocycles. The van der Waals surface area contributed by atoms with Gasteiger partial charge in [0.25, 0.3) is 0 Å². The fourth-order valence-corrected chi connectivity index (χ4v) is 2.01. The van der Waals surface area contributed by atoms with Gasteiger partial charge in [-0.3, -0.25) is 10.1 Å². The minimum Gasteiger partial charge on any atom is -0.378 e. The lowest BCUT2D eigenvalue weighted by molar-refractivity contribution is -0.124. The van der Waals surface area contributed by atoms with Crippen LogP contribution in [0.1, 0.15) is 26.2 Å². The Balaban J connectivity index is 1.94. The van der Waals surface area contributed by atoms with Crippen LogP contribution in [0.25, 0.3) is 0 Å². The van der Waals surface area contributed by atoms with Crippen molar-refractivity contribution in [2.45, 2.75) is 32.3 Å². The molecule has 0 bridgehead atoms. The Hall–Kier alpha value is -1.43. The number of carbonyl (C=O) groups is 1. The maximum absolute atomic E-state index is 12.0. The van der Waals surface area contributed by atoms with Crippen LogP contribution >= 0.6 is 0 Å². The fourth-order valence-electron chi connectivity index (χ4n) is 2.01. The van der Waals surface area contributed by atoms with Crippen LogP contribution in [0, 0.1) is 5.92 Å². The third kappa shape index (κ3) is 2.82. The van der Waals surface area contributed by atoms with E-state index in [0.29, 0.717) is 12.6 Å². The molecule has 0 saturated carbocycles. The number of nitrogens with zero attached hydrogens (tertiary/aromatic N) is 3. The molecule has 0 radical (unpaired) electrons. The van der Waals surface area contributed by atoms with Gasteiger partial charge in [0.15, 0.2) is 0 Å². The largest absolute Gasteiger partial charge is 0.378 e. The number of nitrogens with one attached hydrogen (secondary N) is 1. The second-order valence-corrected chi connectivity index (χ2v) is 4.38. The van der Waals surface area contributed by atoms with Gasteiger partial charge in [0.1, 0.15) is 6.33 Å². The molecular weight excluding hydrogens is 220 g/mol. The first-order valence-electron chi connectivity index (χ1n) is 5.97. The van der Waals surface area contributed by atoms with E-state index >= 15 is 0 Å². The Bertz CT molecular complexity index is 391. The first-order valence-corrected chi connectivity index (χ1v) is 5.97. The van der Waals surface area contributed by atoms with Crippen molar-refractivity contribution in [3.8, 4) is 0 Å². The van der Waals surface area contributed by atoms with E-state index in [1.165, 1.54) is 0 Å². The highest BCUT2D eigenvalue weighted by Crippen LogP contribution is 2.23. The molecule has 0 aliphatic carbocycles. The Morgan fingerprint density at radius 1 is 1.71 bits per heavy atom. The van der Waals surface area contributed by atoms with Crippen LogP contribution in [0.5, 0.6) is 0 Å². The number of ether oxygens (including phenoxy) is 1. The molecule has 1 aliphatic rings. The average molecular weight is 238 g/mol. The average Bonchev–Trinajstić information content (AvgIpc) is 2.75. The second-order valence-electron chi connectivity index (χ2n) is 4.38. The van der Waals surface area contributed by atoms with E-state index in [1.807, 2.05) is 0 Å². The van der Waals surface area contributed by atoms with Gasteiger partial charge in [0.2, 0.25) is 11.9 Å². The highest BCUT2D eigenvalue weighted by atomic mass is 16.5. The maximum Gasteiger partial charge on any atom is 0.230 e. The van der Waals surface area contributed by atoms with Crippen LogP contribution in [0.4, 0.5) is 5.95 Å². The first kappa shape index (κ1) is 12.0. The maximum atomic E-state index is 12.0. The topological polar surface area (TPSA) is 69.0 Å². The normalized spacial score (nSPS) is 24.6. The SMILES string of the molecule is CCC1CC(C(=O)Nc2nncn2C)CCO1. The zero-order chi connectivity index (χ0) is 12.3. The summed E-state index contributed by atoms with van der Waals surface area (Å²) in [6.07, 6.45) is 4.29. The van der Waals surface area contributed by atoms with Crippen LogP contribution in [0.15, 0.2) is 6.33 Å². The molecular formula is C11H18N4O2. The van der Waals surface area contributed by atoms with Gasteiger partial charge in [-0.25, -0.2) is 0 Å². The standard InChI is InChI=1S/C11H18N4O2/c1-3-9-6-8(4-5-17-9)10(16)13-11-14-12-7-15(11)2/h7-9H,3-6H2,1-2H3,(H,13,14,16). The van der Waals surface area contributed by atoms with E-state index in [0.717, 1.165) is 19.3 Å². The Kier molecular flexibility index (Phi) is 3.73. The van der Waals surface area contributed by atoms with Gasteiger partial charge in [0.05, 0.1) is 6.10 Å². The number of carbonyl (C=O) groups excluding carboxylic acids is 1. The minimum absolute atomic E-state index is 0.0165. The molecule has 1 saturated heterocycles. The molecule has 17 heavy (non-hydrogen) atoms. The molecule has 2 rings (SSSR count). The Morgan fingerprint density at radius 3 is 3.18 bits per heavy atom. The lowest BCUT2D eigenvalue weighted by Gasteiger charge is -2.27. The van der Waals surface area contributed by atoms with Gasteiger partial charge >= 0.3 is 0 Å². The molecule has 2 atom stereocenters. The summed E-state index contributed by atoms with van der Waals surface area (Å²) < 4.78 is 7.24. The Labute approximate surface area is 100 Å². The number of aromatic nitrogens is 3. The molecule has 1 aromatic heterocycles. The van der Waals surface area contributed by atoms with Crippen molar-refractivity contribution in [1.29, 1.82) is 0 Å². The minimum atomic E-state index is 0.0165. The number of amides is 1. The third-order valence-electron chi connectivity index (χ3n) is 3.14.